The van der Waals surface area contributed by atoms with Gasteiger partial charge in [0, 0.05) is 12.5 Å². The number of hydrogen-bond donors (Lipinski definition) is 4. The summed E-state index contributed by atoms with van der Waals surface area (Å²) in [5, 5.41) is 14.0. The van der Waals surface area contributed by atoms with Crippen LogP contribution in [0.5, 0.6) is 0 Å². The van der Waals surface area contributed by atoms with E-state index in [9.17, 15) is 18.0 Å². The molecule has 1 heterocycles. The Hall–Kier alpha value is -1.98. The summed E-state index contributed by atoms with van der Waals surface area (Å²) in [6.45, 7) is 10.0. The number of benzene rings is 1. The third kappa shape index (κ3) is 6.54. The predicted molar refractivity (Wildman–Crippen MR) is 146 cm³/mol. The lowest BCUT2D eigenvalue weighted by Crippen LogP contribution is -2.45. The fraction of sp³-hybridized carbons (Fsp3) is 0.654. The van der Waals surface area contributed by atoms with Gasteiger partial charge in [0.25, 0.3) is 10.0 Å². The Labute approximate surface area is 228 Å². The maximum absolute atomic E-state index is 13.3. The number of sulfonamides is 1. The molecule has 0 bridgehead atoms. The molecule has 0 spiro atoms. The van der Waals surface area contributed by atoms with Crippen LogP contribution in [0.25, 0.3) is 0 Å². The van der Waals surface area contributed by atoms with Crippen molar-refractivity contribution in [2.45, 2.75) is 96.3 Å². The van der Waals surface area contributed by atoms with E-state index in [2.05, 4.69) is 31.3 Å². The van der Waals surface area contributed by atoms with E-state index in [1.165, 1.54) is 0 Å². The third-order valence-electron chi connectivity index (χ3n) is 7.59. The van der Waals surface area contributed by atoms with Crippen molar-refractivity contribution < 1.29 is 22.7 Å². The van der Waals surface area contributed by atoms with E-state index in [1.807, 2.05) is 20.8 Å². The molecule has 1 amide bonds. The van der Waals surface area contributed by atoms with Gasteiger partial charge in [-0.05, 0) is 88.1 Å². The normalized spacial score (nSPS) is 17.8. The third-order valence-corrected chi connectivity index (χ3v) is 9.77. The number of ketones is 1. The van der Waals surface area contributed by atoms with Crippen LogP contribution in [0.3, 0.4) is 0 Å². The molecule has 0 saturated heterocycles. The highest BCUT2D eigenvalue weighted by Gasteiger charge is 2.37. The first-order valence-corrected chi connectivity index (χ1v) is 15.4. The van der Waals surface area contributed by atoms with Gasteiger partial charge >= 0.3 is 0 Å². The number of nitrogens with one attached hydrogen (secondary N) is 4. The number of Topliss-reactive ketones (excluding diaryl/α,β-unsaturated/α-hetero) is 1. The summed E-state index contributed by atoms with van der Waals surface area (Å²) in [5.41, 5.74) is 3.59. The van der Waals surface area contributed by atoms with Gasteiger partial charge in [-0.2, -0.15) is 0 Å². The second kappa shape index (κ2) is 11.8. The maximum Gasteiger partial charge on any atom is 0.264 e. The highest BCUT2D eigenvalue weighted by molar-refractivity contribution is 9.09. The number of fused-ring (bicyclic) bond motifs is 1. The van der Waals surface area contributed by atoms with Gasteiger partial charge in [0.1, 0.15) is 0 Å². The second-order valence-electron chi connectivity index (χ2n) is 10.5. The highest BCUT2D eigenvalue weighted by atomic mass is 79.9. The summed E-state index contributed by atoms with van der Waals surface area (Å²) in [6, 6.07) is -0.605. The fourth-order valence-electron chi connectivity index (χ4n) is 5.54. The number of halogens is 1. The topological polar surface area (TPSA) is 137 Å². The Morgan fingerprint density at radius 1 is 1.14 bits per heavy atom. The SMILES string of the molecule is Cc1c(C)c(S(=O)(=O)NC(=N)NCCCC(NC(=O)C2CCCC2)C(=O)CBr)c(C)c2c1C(C)(C)OC2. The first-order valence-electron chi connectivity index (χ1n) is 12.8. The average Bonchev–Trinajstić information content (AvgIpc) is 3.46. The van der Waals surface area contributed by atoms with Gasteiger partial charge in [0.2, 0.25) is 11.9 Å². The van der Waals surface area contributed by atoms with Crippen LogP contribution in [0.4, 0.5) is 0 Å². The first kappa shape index (κ1) is 29.6. The minimum absolute atomic E-state index is 0.0289. The van der Waals surface area contributed by atoms with Gasteiger partial charge in [-0.25, -0.2) is 13.1 Å². The van der Waals surface area contributed by atoms with Crippen molar-refractivity contribution >= 4 is 43.6 Å². The molecule has 206 valence electrons. The molecule has 1 fully saturated rings. The Morgan fingerprint density at radius 2 is 1.78 bits per heavy atom. The molecular formula is C26H39BrN4O5S. The molecule has 4 N–H and O–H groups in total. The summed E-state index contributed by atoms with van der Waals surface area (Å²) >= 11 is 3.18. The van der Waals surface area contributed by atoms with E-state index < -0.39 is 21.7 Å². The molecule has 11 heteroatoms. The second-order valence-corrected chi connectivity index (χ2v) is 12.7. The number of guanidine groups is 1. The molecule has 1 aliphatic carbocycles. The average molecular weight is 600 g/mol. The molecule has 1 atom stereocenters. The molecule has 1 aromatic rings. The van der Waals surface area contributed by atoms with Gasteiger partial charge in [-0.3, -0.25) is 15.0 Å². The number of hydrogen-bond acceptors (Lipinski definition) is 6. The zero-order valence-corrected chi connectivity index (χ0v) is 24.7. The van der Waals surface area contributed by atoms with Crippen LogP contribution in [0.15, 0.2) is 4.90 Å². The van der Waals surface area contributed by atoms with Crippen molar-refractivity contribution in [3.05, 3.63) is 27.8 Å². The minimum Gasteiger partial charge on any atom is -0.366 e. The van der Waals surface area contributed by atoms with Crippen molar-refractivity contribution in [1.29, 1.82) is 5.41 Å². The quantitative estimate of drug-likeness (QED) is 0.140. The molecule has 37 heavy (non-hydrogen) atoms. The zero-order chi connectivity index (χ0) is 27.5. The molecule has 0 aromatic heterocycles. The van der Waals surface area contributed by atoms with E-state index in [0.29, 0.717) is 30.6 Å². The van der Waals surface area contributed by atoms with E-state index in [-0.39, 0.29) is 40.3 Å². The molecule has 1 unspecified atom stereocenters. The molecule has 0 radical (unpaired) electrons. The van der Waals surface area contributed by atoms with Crippen LogP contribution < -0.4 is 15.4 Å². The maximum atomic E-state index is 13.3. The summed E-state index contributed by atoms with van der Waals surface area (Å²) in [6.07, 6.45) is 4.65. The molecule has 3 rings (SSSR count). The summed E-state index contributed by atoms with van der Waals surface area (Å²) in [4.78, 5) is 25.0. The standard InChI is InChI=1S/C26H39BrN4O5S/c1-15-16(2)23(17(3)19-14-36-26(4,5)22(15)19)37(34,35)31-25(28)29-12-8-11-20(21(32)13-27)30-24(33)18-9-6-7-10-18/h18,20H,6-14H2,1-5H3,(H,30,33)(H3,28,29,31). The lowest BCUT2D eigenvalue weighted by molar-refractivity contribution is -0.129. The Balaban J connectivity index is 1.60. The number of ether oxygens (including phenoxy) is 1. The van der Waals surface area contributed by atoms with Crippen molar-refractivity contribution in [2.75, 3.05) is 11.9 Å². The first-order chi connectivity index (χ1) is 17.3. The van der Waals surface area contributed by atoms with Crippen LogP contribution in [0.1, 0.15) is 80.2 Å². The van der Waals surface area contributed by atoms with Crippen molar-refractivity contribution in [1.82, 2.24) is 15.4 Å². The zero-order valence-electron chi connectivity index (χ0n) is 22.3. The van der Waals surface area contributed by atoms with E-state index in [1.54, 1.807) is 13.8 Å². The van der Waals surface area contributed by atoms with Gasteiger partial charge in [0.05, 0.1) is 28.5 Å². The molecule has 1 aliphatic heterocycles. The van der Waals surface area contributed by atoms with Crippen LogP contribution in [0.2, 0.25) is 0 Å². The molecule has 1 saturated carbocycles. The lowest BCUT2D eigenvalue weighted by Gasteiger charge is -2.24. The summed E-state index contributed by atoms with van der Waals surface area (Å²) < 4.78 is 34.8. The van der Waals surface area contributed by atoms with E-state index in [4.69, 9.17) is 10.1 Å². The smallest absolute Gasteiger partial charge is 0.264 e. The largest absolute Gasteiger partial charge is 0.366 e. The summed E-state index contributed by atoms with van der Waals surface area (Å²) in [5.74, 6) is -0.549. The van der Waals surface area contributed by atoms with Gasteiger partial charge in [0.15, 0.2) is 5.78 Å². The molecule has 2 aliphatic rings. The molecular weight excluding hydrogens is 560 g/mol. The fourth-order valence-corrected chi connectivity index (χ4v) is 7.45. The van der Waals surface area contributed by atoms with E-state index >= 15 is 0 Å². The molecule has 1 aromatic carbocycles. The number of rotatable bonds is 10. The van der Waals surface area contributed by atoms with Crippen LogP contribution >= 0.6 is 15.9 Å². The highest BCUT2D eigenvalue weighted by Crippen LogP contribution is 2.43. The summed E-state index contributed by atoms with van der Waals surface area (Å²) in [7, 11) is -4.01. The van der Waals surface area contributed by atoms with Gasteiger partial charge < -0.3 is 15.4 Å². The lowest BCUT2D eigenvalue weighted by atomic mass is 9.87. The van der Waals surface area contributed by atoms with Crippen molar-refractivity contribution in [3.8, 4) is 0 Å². The number of amides is 1. The Bertz CT molecular complexity index is 1180. The number of alkyl halides is 1. The van der Waals surface area contributed by atoms with Crippen LogP contribution in [-0.2, 0) is 36.6 Å². The van der Waals surface area contributed by atoms with Crippen LogP contribution in [0, 0.1) is 32.1 Å². The molecule has 9 nitrogen and oxygen atoms in total. The monoisotopic (exact) mass is 598 g/mol. The van der Waals surface area contributed by atoms with E-state index in [0.717, 1.165) is 42.4 Å². The van der Waals surface area contributed by atoms with Crippen molar-refractivity contribution in [3.63, 3.8) is 0 Å². The van der Waals surface area contributed by atoms with Crippen molar-refractivity contribution in [2.24, 2.45) is 5.92 Å². The Morgan fingerprint density at radius 3 is 2.41 bits per heavy atom. The number of carbonyl (C=O) groups excluding carboxylic acids is 2. The minimum atomic E-state index is -4.01. The predicted octanol–water partition coefficient (Wildman–Crippen LogP) is 3.60. The van der Waals surface area contributed by atoms with Crippen LogP contribution in [-0.4, -0.2) is 44.0 Å². The Kier molecular flexibility index (Phi) is 9.45. The van der Waals surface area contributed by atoms with Gasteiger partial charge in [-0.15, -0.1) is 0 Å². The van der Waals surface area contributed by atoms with Gasteiger partial charge in [-0.1, -0.05) is 28.8 Å². The number of carbonyl (C=O) groups is 2.